The van der Waals surface area contributed by atoms with E-state index in [1.807, 2.05) is 0 Å². The smallest absolute Gasteiger partial charge is 0.327 e. The fourth-order valence-corrected chi connectivity index (χ4v) is 3.18. The summed E-state index contributed by atoms with van der Waals surface area (Å²) in [6, 6.07) is 10.0. The average Bonchev–Trinajstić information content (AvgIpc) is 3.08. The Balaban J connectivity index is 2.04. The summed E-state index contributed by atoms with van der Waals surface area (Å²) in [6.07, 6.45) is 0. The summed E-state index contributed by atoms with van der Waals surface area (Å²) in [4.78, 5) is 44.8. The first-order valence-electron chi connectivity index (χ1n) is 8.48. The summed E-state index contributed by atoms with van der Waals surface area (Å²) in [7, 11) is 1.38. The van der Waals surface area contributed by atoms with E-state index < -0.39 is 17.0 Å². The number of benzene rings is 2. The molecule has 0 fully saturated rings. The fourth-order valence-electron chi connectivity index (χ4n) is 3.18. The molecule has 4 rings (SSSR count). The Bertz CT molecular complexity index is 1360. The number of aromatic hydroxyl groups is 2. The van der Waals surface area contributed by atoms with Gasteiger partial charge in [0.25, 0.3) is 5.56 Å². The maximum Gasteiger partial charge on any atom is 0.327 e. The zero-order valence-electron chi connectivity index (χ0n) is 15.1. The molecular weight excluding hydrogens is 378 g/mol. The van der Waals surface area contributed by atoms with Gasteiger partial charge in [-0.15, -0.1) is 0 Å². The van der Waals surface area contributed by atoms with Gasteiger partial charge in [-0.1, -0.05) is 6.07 Å². The van der Waals surface area contributed by atoms with Gasteiger partial charge in [0.2, 0.25) is 5.78 Å². The van der Waals surface area contributed by atoms with Crippen LogP contribution in [0.1, 0.15) is 16.1 Å². The van der Waals surface area contributed by atoms with Crippen LogP contribution in [0.15, 0.2) is 52.1 Å². The molecule has 0 saturated carbocycles. The summed E-state index contributed by atoms with van der Waals surface area (Å²) in [6.45, 7) is 0. The van der Waals surface area contributed by atoms with Crippen molar-refractivity contribution < 1.29 is 19.7 Å². The number of nitrogens with one attached hydrogen (secondary N) is 3. The van der Waals surface area contributed by atoms with Gasteiger partial charge in [0.15, 0.2) is 11.5 Å². The van der Waals surface area contributed by atoms with Crippen LogP contribution in [0.4, 0.5) is 0 Å². The predicted octanol–water partition coefficient (Wildman–Crippen LogP) is 1.86. The number of hydrogen-bond donors (Lipinski definition) is 5. The molecule has 4 aromatic rings. The minimum Gasteiger partial charge on any atom is -0.508 e. The Kier molecular flexibility index (Phi) is 4.19. The van der Waals surface area contributed by atoms with Crippen LogP contribution >= 0.6 is 0 Å². The van der Waals surface area contributed by atoms with Gasteiger partial charge in [-0.2, -0.15) is 0 Å². The summed E-state index contributed by atoms with van der Waals surface area (Å²) in [5.74, 6) is -0.406. The van der Waals surface area contributed by atoms with Crippen molar-refractivity contribution in [3.63, 3.8) is 0 Å². The summed E-state index contributed by atoms with van der Waals surface area (Å²) in [5, 5.41) is 19.4. The van der Waals surface area contributed by atoms with Crippen LogP contribution in [0, 0.1) is 0 Å². The van der Waals surface area contributed by atoms with E-state index in [0.717, 1.165) is 0 Å². The number of phenols is 2. The molecule has 29 heavy (non-hydrogen) atoms. The second-order valence-electron chi connectivity index (χ2n) is 6.30. The van der Waals surface area contributed by atoms with Crippen LogP contribution in [-0.2, 0) is 0 Å². The molecule has 0 aliphatic rings. The number of carbonyl (C=O) groups is 1. The molecule has 0 radical (unpaired) electrons. The van der Waals surface area contributed by atoms with Crippen LogP contribution in [0.5, 0.6) is 17.2 Å². The molecule has 9 nitrogen and oxygen atoms in total. The second kappa shape index (κ2) is 6.71. The van der Waals surface area contributed by atoms with Crippen molar-refractivity contribution in [2.24, 2.45) is 0 Å². The van der Waals surface area contributed by atoms with Gasteiger partial charge >= 0.3 is 5.69 Å². The van der Waals surface area contributed by atoms with E-state index in [-0.39, 0.29) is 45.1 Å². The van der Waals surface area contributed by atoms with Crippen molar-refractivity contribution in [3.8, 4) is 28.4 Å². The number of aromatic nitrogens is 3. The minimum absolute atomic E-state index is 0.00228. The molecule has 0 bridgehead atoms. The van der Waals surface area contributed by atoms with E-state index in [4.69, 9.17) is 4.74 Å². The highest BCUT2D eigenvalue weighted by atomic mass is 16.5. The highest BCUT2D eigenvalue weighted by Crippen LogP contribution is 2.36. The molecule has 0 spiro atoms. The first kappa shape index (κ1) is 18.1. The van der Waals surface area contributed by atoms with Crippen molar-refractivity contribution in [1.82, 2.24) is 15.0 Å². The molecular formula is C20H15N3O6. The molecule has 0 aliphatic carbocycles. The number of methoxy groups -OCH3 is 1. The number of ketones is 1. The van der Waals surface area contributed by atoms with Gasteiger partial charge in [-0.05, 0) is 42.0 Å². The lowest BCUT2D eigenvalue weighted by molar-refractivity contribution is 0.103. The number of aromatic amines is 3. The lowest BCUT2D eigenvalue weighted by Crippen LogP contribution is -2.21. The standard InChI is InChI=1S/C20H15N3O6/c1-29-13-8-10(4-7-12(13)25)14-15-18(22-20(28)23-19(15)27)21-16(14)17(26)9-2-5-11(24)6-3-9/h2-8,24-25H,1H3,(H3,21,22,23,27,28). The zero-order chi connectivity index (χ0) is 20.7. The van der Waals surface area contributed by atoms with Crippen molar-refractivity contribution in [2.45, 2.75) is 0 Å². The monoisotopic (exact) mass is 393 g/mol. The number of carbonyl (C=O) groups excluding carboxylic acids is 1. The highest BCUT2D eigenvalue weighted by Gasteiger charge is 2.24. The molecule has 2 aromatic carbocycles. The summed E-state index contributed by atoms with van der Waals surface area (Å²) >= 11 is 0. The number of rotatable bonds is 4. The Morgan fingerprint density at radius 1 is 0.966 bits per heavy atom. The van der Waals surface area contributed by atoms with Crippen molar-refractivity contribution in [2.75, 3.05) is 7.11 Å². The van der Waals surface area contributed by atoms with E-state index >= 15 is 0 Å². The van der Waals surface area contributed by atoms with Gasteiger partial charge in [0.1, 0.15) is 11.4 Å². The zero-order valence-corrected chi connectivity index (χ0v) is 15.1. The highest BCUT2D eigenvalue weighted by molar-refractivity contribution is 6.16. The van der Waals surface area contributed by atoms with Crippen LogP contribution in [0.25, 0.3) is 22.2 Å². The summed E-state index contributed by atoms with van der Waals surface area (Å²) < 4.78 is 5.13. The number of phenolic OH excluding ortho intramolecular Hbond substituents is 2. The normalized spacial score (nSPS) is 10.9. The molecule has 5 N–H and O–H groups in total. The third kappa shape index (κ3) is 3.04. The Morgan fingerprint density at radius 2 is 1.69 bits per heavy atom. The maximum atomic E-state index is 13.1. The van der Waals surface area contributed by atoms with Crippen LogP contribution in [-0.4, -0.2) is 38.1 Å². The van der Waals surface area contributed by atoms with E-state index in [1.54, 1.807) is 0 Å². The Labute approximate surface area is 162 Å². The van der Waals surface area contributed by atoms with Crippen molar-refractivity contribution in [1.29, 1.82) is 0 Å². The van der Waals surface area contributed by atoms with Gasteiger partial charge in [-0.3, -0.25) is 19.6 Å². The Hall–Kier alpha value is -4.27. The fraction of sp³-hybridized carbons (Fsp3) is 0.0500. The third-order valence-electron chi connectivity index (χ3n) is 4.52. The quantitative estimate of drug-likeness (QED) is 0.334. The second-order valence-corrected chi connectivity index (χ2v) is 6.30. The number of fused-ring (bicyclic) bond motifs is 1. The van der Waals surface area contributed by atoms with E-state index in [9.17, 15) is 24.6 Å². The predicted molar refractivity (Wildman–Crippen MR) is 105 cm³/mol. The first-order chi connectivity index (χ1) is 13.9. The number of ether oxygens (including phenoxy) is 1. The van der Waals surface area contributed by atoms with Gasteiger partial charge in [0.05, 0.1) is 18.2 Å². The first-order valence-corrected chi connectivity index (χ1v) is 8.48. The molecule has 146 valence electrons. The van der Waals surface area contributed by atoms with Gasteiger partial charge in [-0.25, -0.2) is 4.79 Å². The number of hydrogen-bond acceptors (Lipinski definition) is 6. The molecule has 0 aliphatic heterocycles. The van der Waals surface area contributed by atoms with Gasteiger partial charge in [0, 0.05) is 11.1 Å². The molecule has 0 amide bonds. The average molecular weight is 393 g/mol. The van der Waals surface area contributed by atoms with E-state index in [2.05, 4.69) is 15.0 Å². The van der Waals surface area contributed by atoms with Crippen LogP contribution < -0.4 is 16.0 Å². The van der Waals surface area contributed by atoms with E-state index in [0.29, 0.717) is 5.56 Å². The molecule has 9 heteroatoms. The van der Waals surface area contributed by atoms with Crippen LogP contribution in [0.3, 0.4) is 0 Å². The SMILES string of the molecule is COc1cc(-c2c(C(=O)c3ccc(O)cc3)[nH]c3[nH]c(=O)[nH]c(=O)c23)ccc1O. The van der Waals surface area contributed by atoms with Gasteiger partial charge < -0.3 is 19.9 Å². The lowest BCUT2D eigenvalue weighted by atomic mass is 9.98. The number of H-pyrrole nitrogens is 3. The largest absolute Gasteiger partial charge is 0.508 e. The Morgan fingerprint density at radius 3 is 2.38 bits per heavy atom. The molecule has 2 aromatic heterocycles. The minimum atomic E-state index is -0.720. The molecule has 2 heterocycles. The third-order valence-corrected chi connectivity index (χ3v) is 4.52. The van der Waals surface area contributed by atoms with Crippen molar-refractivity contribution >= 4 is 16.8 Å². The van der Waals surface area contributed by atoms with Crippen LogP contribution in [0.2, 0.25) is 0 Å². The molecule has 0 atom stereocenters. The maximum absolute atomic E-state index is 13.1. The van der Waals surface area contributed by atoms with E-state index in [1.165, 1.54) is 49.6 Å². The molecule has 0 saturated heterocycles. The topological polar surface area (TPSA) is 148 Å². The lowest BCUT2D eigenvalue weighted by Gasteiger charge is -2.08. The molecule has 0 unspecified atom stereocenters. The summed E-state index contributed by atoms with van der Waals surface area (Å²) in [5.41, 5.74) is -0.317. The van der Waals surface area contributed by atoms with Crippen molar-refractivity contribution in [3.05, 3.63) is 74.6 Å².